The molecule has 1 aliphatic rings. The van der Waals surface area contributed by atoms with Crippen LogP contribution in [0.15, 0.2) is 112 Å². The van der Waals surface area contributed by atoms with Gasteiger partial charge in [0.1, 0.15) is 6.61 Å². The van der Waals surface area contributed by atoms with E-state index in [1.165, 1.54) is 23.5 Å². The van der Waals surface area contributed by atoms with Crippen molar-refractivity contribution in [2.24, 2.45) is 4.99 Å². The van der Waals surface area contributed by atoms with Crippen LogP contribution in [0.25, 0.3) is 11.8 Å². The Morgan fingerprint density at radius 1 is 0.941 bits per heavy atom. The van der Waals surface area contributed by atoms with Crippen LogP contribution in [0.3, 0.4) is 0 Å². The van der Waals surface area contributed by atoms with E-state index in [1.807, 2.05) is 67.6 Å². The number of hydrogen-bond acceptors (Lipinski definition) is 9. The fourth-order valence-electron chi connectivity index (χ4n) is 5.85. The molecule has 2 heterocycles. The first-order valence-corrected chi connectivity index (χ1v) is 17.5. The lowest BCUT2D eigenvalue weighted by molar-refractivity contribution is -0.384. The van der Waals surface area contributed by atoms with Crippen LogP contribution >= 0.6 is 11.3 Å². The molecule has 0 spiro atoms. The summed E-state index contributed by atoms with van der Waals surface area (Å²) < 4.78 is 19.5. The molecule has 10 nitrogen and oxygen atoms in total. The van der Waals surface area contributed by atoms with E-state index in [0.29, 0.717) is 50.2 Å². The lowest BCUT2D eigenvalue weighted by Gasteiger charge is -2.26. The Bertz CT molecular complexity index is 2270. The molecule has 11 heteroatoms. The van der Waals surface area contributed by atoms with E-state index in [9.17, 15) is 19.7 Å². The van der Waals surface area contributed by atoms with Crippen molar-refractivity contribution in [3.8, 4) is 11.5 Å². The summed E-state index contributed by atoms with van der Waals surface area (Å²) in [5, 5.41) is 11.0. The van der Waals surface area contributed by atoms with Gasteiger partial charge < -0.3 is 14.2 Å². The number of carbonyl (C=O) groups excluding carboxylic acids is 1. The monoisotopic (exact) mass is 703 g/mol. The molecular formula is C40H37N3O7S. The van der Waals surface area contributed by atoms with Crippen molar-refractivity contribution in [1.82, 2.24) is 4.57 Å². The maximum absolute atomic E-state index is 14.4. The number of fused-ring (bicyclic) bond motifs is 1. The average Bonchev–Trinajstić information content (AvgIpc) is 3.45. The Balaban J connectivity index is 1.44. The number of nitro benzene ring substituents is 1. The van der Waals surface area contributed by atoms with E-state index in [4.69, 9.17) is 19.2 Å². The summed E-state index contributed by atoms with van der Waals surface area (Å²) >= 11 is 1.24. The molecule has 0 aliphatic carbocycles. The molecule has 0 bridgehead atoms. The normalized spacial score (nSPS) is 14.2. The third-order valence-electron chi connectivity index (χ3n) is 8.40. The molecule has 0 unspecified atom stereocenters. The maximum atomic E-state index is 14.4. The van der Waals surface area contributed by atoms with Gasteiger partial charge in [-0.3, -0.25) is 19.5 Å². The number of carbonyl (C=O) groups is 1. The lowest BCUT2D eigenvalue weighted by Crippen LogP contribution is -2.40. The van der Waals surface area contributed by atoms with Gasteiger partial charge >= 0.3 is 5.97 Å². The number of hydrogen-bond donors (Lipinski definition) is 0. The Labute approximate surface area is 298 Å². The van der Waals surface area contributed by atoms with Crippen LogP contribution in [-0.4, -0.2) is 28.7 Å². The number of ether oxygens (including phenoxy) is 3. The summed E-state index contributed by atoms with van der Waals surface area (Å²) in [6, 6.07) is 28.2. The number of nitro groups is 1. The van der Waals surface area contributed by atoms with Crippen molar-refractivity contribution < 1.29 is 23.9 Å². The Morgan fingerprint density at radius 2 is 1.67 bits per heavy atom. The number of rotatable bonds is 12. The molecule has 4 aromatic carbocycles. The number of esters is 1. The number of benzene rings is 4. The summed E-state index contributed by atoms with van der Waals surface area (Å²) in [5.74, 6) is 0.755. The van der Waals surface area contributed by atoms with Crippen LogP contribution in [0.5, 0.6) is 11.5 Å². The number of non-ortho nitro benzene ring substituents is 1. The van der Waals surface area contributed by atoms with E-state index in [-0.39, 0.29) is 24.5 Å². The minimum atomic E-state index is -0.770. The molecule has 0 saturated heterocycles. The Kier molecular flexibility index (Phi) is 10.6. The zero-order valence-electron chi connectivity index (χ0n) is 28.7. The predicted molar refractivity (Wildman–Crippen MR) is 197 cm³/mol. The zero-order valence-corrected chi connectivity index (χ0v) is 29.5. The summed E-state index contributed by atoms with van der Waals surface area (Å²) in [5.41, 5.74) is 4.60. The number of thiazole rings is 1. The van der Waals surface area contributed by atoms with E-state index in [1.54, 1.807) is 41.8 Å². The molecule has 5 aromatic rings. The number of aromatic nitrogens is 1. The summed E-state index contributed by atoms with van der Waals surface area (Å²) in [6.45, 7) is 8.58. The van der Waals surface area contributed by atoms with Crippen LogP contribution < -0.4 is 24.4 Å². The molecular weight excluding hydrogens is 667 g/mol. The quantitative estimate of drug-likeness (QED) is 0.0784. The van der Waals surface area contributed by atoms with Gasteiger partial charge in [0.25, 0.3) is 11.2 Å². The van der Waals surface area contributed by atoms with Crippen molar-refractivity contribution in [1.29, 1.82) is 0 Å². The minimum Gasteiger partial charge on any atom is -0.490 e. The highest BCUT2D eigenvalue weighted by Gasteiger charge is 2.35. The van der Waals surface area contributed by atoms with E-state index >= 15 is 0 Å². The van der Waals surface area contributed by atoms with Gasteiger partial charge in [0, 0.05) is 17.7 Å². The maximum Gasteiger partial charge on any atom is 0.338 e. The van der Waals surface area contributed by atoms with Crippen LogP contribution in [0, 0.1) is 10.1 Å². The predicted octanol–water partition coefficient (Wildman–Crippen LogP) is 6.94. The molecule has 0 N–H and O–H groups in total. The average molecular weight is 704 g/mol. The zero-order chi connectivity index (χ0) is 36.1. The standard InChI is InChI=1S/C40H37N3O7S/c1-5-48-33-22-27(14-21-32(33)50-24-26-12-19-31(20-13-26)43(46)47)23-34-38(44)42-37(30-17-15-28(16-18-30)25(3)4)35(39(45)49-6-2)36(41-40(42)51-34)29-10-8-7-9-11-29/h7-23,25,37H,5-6,24H2,1-4H3/b34-23-/t37-/m0/s1. The van der Waals surface area contributed by atoms with E-state index in [0.717, 1.165) is 22.3 Å². The summed E-state index contributed by atoms with van der Waals surface area (Å²) in [6.07, 6.45) is 1.78. The molecule has 1 aliphatic heterocycles. The van der Waals surface area contributed by atoms with Gasteiger partial charge in [-0.15, -0.1) is 0 Å². The van der Waals surface area contributed by atoms with Gasteiger partial charge in [-0.05, 0) is 72.4 Å². The third kappa shape index (κ3) is 7.53. The first-order chi connectivity index (χ1) is 24.7. The van der Waals surface area contributed by atoms with Gasteiger partial charge in [0.15, 0.2) is 16.3 Å². The first-order valence-electron chi connectivity index (χ1n) is 16.7. The third-order valence-corrected chi connectivity index (χ3v) is 9.38. The van der Waals surface area contributed by atoms with E-state index in [2.05, 4.69) is 13.8 Å². The van der Waals surface area contributed by atoms with Crippen molar-refractivity contribution in [2.45, 2.75) is 46.3 Å². The SMILES string of the molecule is CCOC(=O)C1=C(c2ccccc2)N=c2s/c(=C\c3ccc(OCc4ccc([N+](=O)[O-])cc4)c(OCC)c3)c(=O)n2[C@H]1c1ccc(C(C)C)cc1. The van der Waals surface area contributed by atoms with E-state index < -0.39 is 16.9 Å². The minimum absolute atomic E-state index is 0.00662. The fraction of sp³-hybridized carbons (Fsp3) is 0.225. The van der Waals surface area contributed by atoms with Gasteiger partial charge in [-0.25, -0.2) is 9.79 Å². The fourth-order valence-corrected chi connectivity index (χ4v) is 6.85. The largest absolute Gasteiger partial charge is 0.490 e. The lowest BCUT2D eigenvalue weighted by atomic mass is 9.91. The topological polar surface area (TPSA) is 122 Å². The highest BCUT2D eigenvalue weighted by atomic mass is 32.1. The highest BCUT2D eigenvalue weighted by Crippen LogP contribution is 2.36. The van der Waals surface area contributed by atoms with Crippen molar-refractivity contribution in [3.63, 3.8) is 0 Å². The second-order valence-electron chi connectivity index (χ2n) is 12.1. The van der Waals surface area contributed by atoms with Crippen molar-refractivity contribution >= 4 is 34.8 Å². The smallest absolute Gasteiger partial charge is 0.338 e. The van der Waals surface area contributed by atoms with Crippen molar-refractivity contribution in [3.05, 3.63) is 160 Å². The van der Waals surface area contributed by atoms with Crippen LogP contribution in [0.4, 0.5) is 5.69 Å². The molecule has 1 atom stereocenters. The second-order valence-corrected chi connectivity index (χ2v) is 13.1. The van der Waals surface area contributed by atoms with Gasteiger partial charge in [-0.2, -0.15) is 0 Å². The van der Waals surface area contributed by atoms with Gasteiger partial charge in [0.2, 0.25) is 0 Å². The van der Waals surface area contributed by atoms with Gasteiger partial charge in [-0.1, -0.05) is 85.8 Å². The molecule has 0 fully saturated rings. The Morgan fingerprint density at radius 3 is 2.31 bits per heavy atom. The number of nitrogens with zero attached hydrogens (tertiary/aromatic N) is 3. The molecule has 51 heavy (non-hydrogen) atoms. The second kappa shape index (κ2) is 15.4. The van der Waals surface area contributed by atoms with Crippen molar-refractivity contribution in [2.75, 3.05) is 13.2 Å². The van der Waals surface area contributed by atoms with Crippen LogP contribution in [-0.2, 0) is 16.1 Å². The summed E-state index contributed by atoms with van der Waals surface area (Å²) in [7, 11) is 0. The molecule has 6 rings (SSSR count). The molecule has 1 aromatic heterocycles. The Hall–Kier alpha value is -5.81. The van der Waals surface area contributed by atoms with Crippen LogP contribution in [0.2, 0.25) is 0 Å². The first kappa shape index (κ1) is 35.0. The highest BCUT2D eigenvalue weighted by molar-refractivity contribution is 7.07. The van der Waals surface area contributed by atoms with Crippen LogP contribution in [0.1, 0.15) is 67.5 Å². The molecule has 0 saturated carbocycles. The molecule has 260 valence electrons. The molecule has 0 amide bonds. The molecule has 0 radical (unpaired) electrons. The summed E-state index contributed by atoms with van der Waals surface area (Å²) in [4.78, 5) is 44.1. The van der Waals surface area contributed by atoms with Gasteiger partial charge in [0.05, 0.1) is 40.0 Å².